The van der Waals surface area contributed by atoms with Crippen LogP contribution in [0, 0.1) is 26.7 Å². The Morgan fingerprint density at radius 3 is 2.62 bits per heavy atom. The highest BCUT2D eigenvalue weighted by Crippen LogP contribution is 2.53. The van der Waals surface area contributed by atoms with Gasteiger partial charge in [-0.2, -0.15) is 5.10 Å². The number of piperidine rings is 1. The first-order chi connectivity index (χ1) is 17.6. The van der Waals surface area contributed by atoms with E-state index in [2.05, 4.69) is 66.1 Å². The van der Waals surface area contributed by atoms with E-state index in [1.165, 1.54) is 50.1 Å². The lowest BCUT2D eigenvalue weighted by molar-refractivity contribution is -0.123. The summed E-state index contributed by atoms with van der Waals surface area (Å²) in [6.07, 6.45) is 6.13. The number of aryl methyl sites for hydroxylation is 2. The maximum Gasteiger partial charge on any atom is 0.234 e. The van der Waals surface area contributed by atoms with Gasteiger partial charge < -0.3 is 10.3 Å². The average molecular weight is 519 g/mol. The lowest BCUT2D eigenvalue weighted by Crippen LogP contribution is -2.44. The van der Waals surface area contributed by atoms with Crippen LogP contribution in [0.3, 0.4) is 0 Å². The van der Waals surface area contributed by atoms with Crippen LogP contribution in [-0.2, 0) is 4.79 Å². The predicted molar refractivity (Wildman–Crippen MR) is 151 cm³/mol. The molecule has 1 aliphatic heterocycles. The second-order valence-corrected chi connectivity index (χ2v) is 12.9. The number of rotatable bonds is 6. The highest BCUT2D eigenvalue weighted by atomic mass is 32.1. The number of carbonyl (C=O) groups excluding carboxylic acids is 1. The SMILES string of the molecule is Cc1c(-c2[nH]c3sc([C@@H]4C[C@@H]5C[C@H]4CN5CC(=O)NC(C)C)c(C)c3c2C(C)C)cn2ncnc2c1C. The van der Waals surface area contributed by atoms with Crippen molar-refractivity contribution in [3.8, 4) is 11.3 Å². The maximum absolute atomic E-state index is 12.4. The minimum atomic E-state index is 0.156. The third-order valence-electron chi connectivity index (χ3n) is 8.72. The molecule has 0 radical (unpaired) electrons. The summed E-state index contributed by atoms with van der Waals surface area (Å²) in [6, 6.07) is 0.718. The van der Waals surface area contributed by atoms with Crippen molar-refractivity contribution in [1.82, 2.24) is 29.8 Å². The van der Waals surface area contributed by atoms with Gasteiger partial charge in [0.25, 0.3) is 0 Å². The number of hydrogen-bond acceptors (Lipinski definition) is 5. The molecule has 2 fully saturated rings. The third kappa shape index (κ3) is 3.91. The molecule has 37 heavy (non-hydrogen) atoms. The first kappa shape index (κ1) is 24.6. The minimum Gasteiger partial charge on any atom is -0.353 e. The van der Waals surface area contributed by atoms with Crippen LogP contribution in [0.4, 0.5) is 0 Å². The number of H-pyrrole nitrogens is 1. The highest BCUT2D eigenvalue weighted by Gasteiger charge is 2.46. The standard InChI is InChI=1S/C29H38N6OS/c1-14(2)24-25-18(7)27(21-9-20-8-19(21)10-34(20)12-23(36)32-15(3)4)37-29(25)33-26(24)22-11-35-28(30-13-31-35)17(6)16(22)5/h11,13-15,19-21,33H,8-10,12H2,1-7H3,(H,32,36)/t19-,20-,21+/m0/s1. The molecule has 2 bridgehead atoms. The largest absolute Gasteiger partial charge is 0.353 e. The fourth-order valence-corrected chi connectivity index (χ4v) is 8.39. The Morgan fingerprint density at radius 1 is 1.16 bits per heavy atom. The van der Waals surface area contributed by atoms with Gasteiger partial charge in [0.1, 0.15) is 11.2 Å². The number of nitrogens with zero attached hydrogens (tertiary/aromatic N) is 4. The molecule has 7 nitrogen and oxygen atoms in total. The Kier molecular flexibility index (Phi) is 5.95. The van der Waals surface area contributed by atoms with Crippen molar-refractivity contribution < 1.29 is 4.79 Å². The summed E-state index contributed by atoms with van der Waals surface area (Å²) in [7, 11) is 0. The zero-order valence-corrected chi connectivity index (χ0v) is 23.8. The van der Waals surface area contributed by atoms with E-state index in [-0.39, 0.29) is 11.9 Å². The normalized spacial score (nSPS) is 21.9. The van der Waals surface area contributed by atoms with E-state index in [9.17, 15) is 4.79 Å². The molecule has 1 aliphatic carbocycles. The van der Waals surface area contributed by atoms with Crippen molar-refractivity contribution >= 4 is 33.1 Å². The summed E-state index contributed by atoms with van der Waals surface area (Å²) in [5.41, 5.74) is 8.64. The average Bonchev–Trinajstić information content (AvgIpc) is 3.62. The minimum absolute atomic E-state index is 0.156. The summed E-state index contributed by atoms with van der Waals surface area (Å²) in [5.74, 6) is 1.79. The number of pyridine rings is 1. The summed E-state index contributed by atoms with van der Waals surface area (Å²) in [6.45, 7) is 16.9. The fourth-order valence-electron chi connectivity index (χ4n) is 6.96. The summed E-state index contributed by atoms with van der Waals surface area (Å²) >= 11 is 1.96. The van der Waals surface area contributed by atoms with Crippen LogP contribution in [-0.4, -0.2) is 55.6 Å². The van der Waals surface area contributed by atoms with Crippen molar-refractivity contribution in [2.24, 2.45) is 5.92 Å². The van der Waals surface area contributed by atoms with Gasteiger partial charge in [-0.1, -0.05) is 13.8 Å². The fraction of sp³-hybridized carbons (Fsp3) is 0.552. The Bertz CT molecular complexity index is 1510. The molecular weight excluding hydrogens is 480 g/mol. The molecule has 0 spiro atoms. The maximum atomic E-state index is 12.4. The van der Waals surface area contributed by atoms with E-state index in [0.717, 1.165) is 18.6 Å². The number of amides is 1. The quantitative estimate of drug-likeness (QED) is 0.344. The van der Waals surface area contributed by atoms with Gasteiger partial charge in [-0.15, -0.1) is 11.3 Å². The molecule has 1 amide bonds. The van der Waals surface area contributed by atoms with Crippen LogP contribution in [0.5, 0.6) is 0 Å². The van der Waals surface area contributed by atoms with Gasteiger partial charge in [-0.05, 0) is 87.5 Å². The van der Waals surface area contributed by atoms with Crippen molar-refractivity contribution in [1.29, 1.82) is 0 Å². The summed E-state index contributed by atoms with van der Waals surface area (Å²) in [4.78, 5) is 25.9. The number of thiophene rings is 1. The molecule has 4 aromatic rings. The Morgan fingerprint density at radius 2 is 1.95 bits per heavy atom. The van der Waals surface area contributed by atoms with Crippen molar-refractivity contribution in [3.63, 3.8) is 0 Å². The van der Waals surface area contributed by atoms with Crippen molar-refractivity contribution in [3.05, 3.63) is 39.7 Å². The molecule has 1 saturated carbocycles. The lowest BCUT2D eigenvalue weighted by atomic mass is 9.88. The zero-order chi connectivity index (χ0) is 26.2. The monoisotopic (exact) mass is 518 g/mol. The molecule has 196 valence electrons. The topological polar surface area (TPSA) is 78.3 Å². The van der Waals surface area contributed by atoms with E-state index in [0.29, 0.717) is 30.3 Å². The van der Waals surface area contributed by atoms with Crippen LogP contribution < -0.4 is 5.32 Å². The van der Waals surface area contributed by atoms with Gasteiger partial charge >= 0.3 is 0 Å². The number of nitrogens with one attached hydrogen (secondary N) is 2. The molecule has 5 heterocycles. The number of carbonyl (C=O) groups is 1. The number of aromatic nitrogens is 4. The van der Waals surface area contributed by atoms with Crippen LogP contribution in [0.1, 0.15) is 79.5 Å². The smallest absolute Gasteiger partial charge is 0.234 e. The van der Waals surface area contributed by atoms with Crippen LogP contribution in [0.25, 0.3) is 27.1 Å². The summed E-state index contributed by atoms with van der Waals surface area (Å²) in [5, 5.41) is 8.90. The lowest BCUT2D eigenvalue weighted by Gasteiger charge is -2.31. The molecule has 2 aliphatic rings. The second kappa shape index (κ2) is 8.95. The number of hydrogen-bond donors (Lipinski definition) is 2. The molecule has 3 atom stereocenters. The Labute approximate surface area is 222 Å². The van der Waals surface area contributed by atoms with E-state index < -0.39 is 0 Å². The molecule has 1 saturated heterocycles. The third-order valence-corrected chi connectivity index (χ3v) is 10.1. The molecule has 0 unspecified atom stereocenters. The highest BCUT2D eigenvalue weighted by molar-refractivity contribution is 7.19. The molecule has 2 N–H and O–H groups in total. The van der Waals surface area contributed by atoms with E-state index in [1.807, 2.05) is 29.7 Å². The van der Waals surface area contributed by atoms with Gasteiger partial charge in [0.05, 0.1) is 12.2 Å². The zero-order valence-electron chi connectivity index (χ0n) is 23.0. The van der Waals surface area contributed by atoms with E-state index in [4.69, 9.17) is 0 Å². The van der Waals surface area contributed by atoms with Crippen molar-refractivity contribution in [2.75, 3.05) is 13.1 Å². The molecule has 8 heteroatoms. The number of likely N-dealkylation sites (tertiary alicyclic amines) is 1. The first-order valence-electron chi connectivity index (χ1n) is 13.6. The van der Waals surface area contributed by atoms with Crippen LogP contribution >= 0.6 is 11.3 Å². The van der Waals surface area contributed by atoms with Crippen LogP contribution in [0.2, 0.25) is 0 Å². The Balaban J connectivity index is 1.34. The van der Waals surface area contributed by atoms with Gasteiger partial charge in [0.15, 0.2) is 5.65 Å². The summed E-state index contributed by atoms with van der Waals surface area (Å²) < 4.78 is 1.90. The molecule has 6 rings (SSSR count). The van der Waals surface area contributed by atoms with E-state index in [1.54, 1.807) is 11.2 Å². The van der Waals surface area contributed by atoms with Gasteiger partial charge in [0, 0.05) is 40.7 Å². The van der Waals surface area contributed by atoms with Gasteiger partial charge in [-0.3, -0.25) is 9.69 Å². The molecular formula is C29H38N6OS. The second-order valence-electron chi connectivity index (χ2n) is 11.8. The van der Waals surface area contributed by atoms with Crippen LogP contribution in [0.15, 0.2) is 12.5 Å². The van der Waals surface area contributed by atoms with Gasteiger partial charge in [-0.25, -0.2) is 9.50 Å². The van der Waals surface area contributed by atoms with Crippen molar-refractivity contribution in [2.45, 2.75) is 85.2 Å². The first-order valence-corrected chi connectivity index (χ1v) is 14.4. The number of aromatic amines is 1. The molecule has 0 aromatic carbocycles. The number of fused-ring (bicyclic) bond motifs is 4. The van der Waals surface area contributed by atoms with E-state index >= 15 is 0 Å². The predicted octanol–water partition coefficient (Wildman–Crippen LogP) is 5.69. The molecule has 4 aromatic heterocycles. The van der Waals surface area contributed by atoms with Gasteiger partial charge in [0.2, 0.25) is 5.91 Å². The Hall–Kier alpha value is -2.71.